The van der Waals surface area contributed by atoms with E-state index in [9.17, 15) is 14.7 Å². The molecule has 0 fully saturated rings. The predicted octanol–water partition coefficient (Wildman–Crippen LogP) is 4.07. The summed E-state index contributed by atoms with van der Waals surface area (Å²) in [5.41, 5.74) is -2.50. The van der Waals surface area contributed by atoms with Crippen LogP contribution < -0.4 is 0 Å². The summed E-state index contributed by atoms with van der Waals surface area (Å²) >= 11 is 0. The van der Waals surface area contributed by atoms with Gasteiger partial charge in [-0.05, 0) is 59.8 Å². The Labute approximate surface area is 171 Å². The van der Waals surface area contributed by atoms with E-state index in [0.717, 1.165) is 12.8 Å². The van der Waals surface area contributed by atoms with E-state index in [-0.39, 0.29) is 25.1 Å². The maximum absolute atomic E-state index is 12.9. The van der Waals surface area contributed by atoms with Crippen LogP contribution in [0.5, 0.6) is 0 Å². The highest BCUT2D eigenvalue weighted by atomic mass is 16.5. The summed E-state index contributed by atoms with van der Waals surface area (Å²) in [7, 11) is 0. The molecule has 0 bridgehead atoms. The summed E-state index contributed by atoms with van der Waals surface area (Å²) < 4.78 is 16.9. The summed E-state index contributed by atoms with van der Waals surface area (Å²) in [5.74, 6) is -0.677. The summed E-state index contributed by atoms with van der Waals surface area (Å²) in [5, 5.41) is 9.89. The van der Waals surface area contributed by atoms with Gasteiger partial charge in [-0.1, -0.05) is 27.7 Å². The van der Waals surface area contributed by atoms with Gasteiger partial charge in [0.25, 0.3) is 0 Å². The molecule has 0 unspecified atom stereocenters. The van der Waals surface area contributed by atoms with Crippen molar-refractivity contribution >= 4 is 11.8 Å². The normalized spacial score (nSPS) is 13.1. The SMILES string of the molecule is CCC(CC)OCC(=O)COC(=O)C(CC)(CC)C(C)(C)OCCC(C)(C)O. The third kappa shape index (κ3) is 8.18. The van der Waals surface area contributed by atoms with Crippen molar-refractivity contribution in [1.82, 2.24) is 0 Å². The van der Waals surface area contributed by atoms with Crippen LogP contribution >= 0.6 is 0 Å². The number of carbonyl (C=O) groups excluding carboxylic acids is 2. The molecule has 0 radical (unpaired) electrons. The molecule has 0 amide bonds. The molecular formula is C22H42O6. The first-order valence-corrected chi connectivity index (χ1v) is 10.6. The van der Waals surface area contributed by atoms with E-state index in [1.54, 1.807) is 13.8 Å². The van der Waals surface area contributed by atoms with Crippen molar-refractivity contribution in [2.45, 2.75) is 105 Å². The Kier molecular flexibility index (Phi) is 11.5. The molecule has 0 aliphatic carbocycles. The number of carbonyl (C=O) groups is 2. The number of rotatable bonds is 15. The van der Waals surface area contributed by atoms with Gasteiger partial charge in [0.2, 0.25) is 0 Å². The van der Waals surface area contributed by atoms with Gasteiger partial charge >= 0.3 is 5.97 Å². The zero-order chi connectivity index (χ0) is 22.0. The molecule has 0 aromatic carbocycles. The van der Waals surface area contributed by atoms with Crippen molar-refractivity contribution in [3.8, 4) is 0 Å². The zero-order valence-corrected chi connectivity index (χ0v) is 19.2. The number of esters is 1. The van der Waals surface area contributed by atoms with Crippen LogP contribution in [0.4, 0.5) is 0 Å². The molecule has 0 aliphatic rings. The van der Waals surface area contributed by atoms with Crippen molar-refractivity contribution < 1.29 is 28.9 Å². The standard InChI is InChI=1S/C22H42O6/c1-9-18(10-2)26-15-17(23)16-27-19(24)22(11-3,12-4)21(7,8)28-14-13-20(5,6)25/h18,25H,9-16H2,1-8H3. The van der Waals surface area contributed by atoms with E-state index in [0.29, 0.717) is 25.9 Å². The van der Waals surface area contributed by atoms with Crippen LogP contribution in [-0.4, -0.2) is 54.0 Å². The number of aliphatic hydroxyl groups is 1. The van der Waals surface area contributed by atoms with Crippen LogP contribution in [0.1, 0.15) is 87.5 Å². The van der Waals surface area contributed by atoms with Crippen molar-refractivity contribution in [1.29, 1.82) is 0 Å². The second-order valence-corrected chi connectivity index (χ2v) is 8.57. The molecule has 0 saturated heterocycles. The minimum Gasteiger partial charge on any atom is -0.457 e. The van der Waals surface area contributed by atoms with Crippen LogP contribution in [-0.2, 0) is 23.8 Å². The Morgan fingerprint density at radius 3 is 1.89 bits per heavy atom. The average molecular weight is 403 g/mol. The summed E-state index contributed by atoms with van der Waals surface area (Å²) in [4.78, 5) is 25.0. The summed E-state index contributed by atoms with van der Waals surface area (Å²) in [6.07, 6.45) is 3.24. The van der Waals surface area contributed by atoms with E-state index in [1.165, 1.54) is 0 Å². The lowest BCUT2D eigenvalue weighted by Crippen LogP contribution is -2.52. The third-order valence-electron chi connectivity index (χ3n) is 5.68. The molecule has 0 spiro atoms. The summed E-state index contributed by atoms with van der Waals surface area (Å²) in [6.45, 7) is 15.0. The van der Waals surface area contributed by atoms with Crippen LogP contribution in [0.15, 0.2) is 0 Å². The molecule has 6 heteroatoms. The molecule has 0 saturated carbocycles. The fourth-order valence-corrected chi connectivity index (χ4v) is 3.39. The van der Waals surface area contributed by atoms with E-state index < -0.39 is 22.6 Å². The minimum absolute atomic E-state index is 0.0453. The van der Waals surface area contributed by atoms with E-state index in [1.807, 2.05) is 41.5 Å². The molecule has 0 rings (SSSR count). The molecule has 0 aliphatic heterocycles. The number of ketones is 1. The van der Waals surface area contributed by atoms with Gasteiger partial charge in [-0.2, -0.15) is 0 Å². The minimum atomic E-state index is -0.872. The van der Waals surface area contributed by atoms with Crippen LogP contribution in [0.25, 0.3) is 0 Å². The van der Waals surface area contributed by atoms with Crippen LogP contribution in [0.2, 0.25) is 0 Å². The highest BCUT2D eigenvalue weighted by molar-refractivity contribution is 5.85. The lowest BCUT2D eigenvalue weighted by atomic mass is 9.69. The molecule has 0 heterocycles. The highest BCUT2D eigenvalue weighted by Crippen LogP contribution is 2.42. The molecule has 0 aromatic heterocycles. The van der Waals surface area contributed by atoms with Crippen molar-refractivity contribution in [2.75, 3.05) is 19.8 Å². The van der Waals surface area contributed by atoms with Crippen LogP contribution in [0.3, 0.4) is 0 Å². The van der Waals surface area contributed by atoms with Crippen LogP contribution in [0, 0.1) is 5.41 Å². The molecule has 0 aromatic rings. The molecular weight excluding hydrogens is 360 g/mol. The van der Waals surface area contributed by atoms with Gasteiger partial charge in [-0.25, -0.2) is 0 Å². The fourth-order valence-electron chi connectivity index (χ4n) is 3.39. The smallest absolute Gasteiger partial charge is 0.315 e. The number of Topliss-reactive ketones (excluding diaryl/α,β-unsaturated/α-hetero) is 1. The first-order valence-electron chi connectivity index (χ1n) is 10.6. The highest BCUT2D eigenvalue weighted by Gasteiger charge is 2.51. The van der Waals surface area contributed by atoms with Crippen molar-refractivity contribution in [2.24, 2.45) is 5.41 Å². The molecule has 1 N–H and O–H groups in total. The van der Waals surface area contributed by atoms with Gasteiger partial charge in [0, 0.05) is 0 Å². The second kappa shape index (κ2) is 11.9. The third-order valence-corrected chi connectivity index (χ3v) is 5.68. The number of hydrogen-bond acceptors (Lipinski definition) is 6. The lowest BCUT2D eigenvalue weighted by molar-refractivity contribution is -0.184. The maximum atomic E-state index is 12.9. The van der Waals surface area contributed by atoms with Gasteiger partial charge in [-0.3, -0.25) is 9.59 Å². The first kappa shape index (κ1) is 27.0. The van der Waals surface area contributed by atoms with E-state index in [2.05, 4.69) is 0 Å². The predicted molar refractivity (Wildman–Crippen MR) is 110 cm³/mol. The van der Waals surface area contributed by atoms with E-state index in [4.69, 9.17) is 14.2 Å². The quantitative estimate of drug-likeness (QED) is 0.416. The Hall–Kier alpha value is -0.980. The van der Waals surface area contributed by atoms with Crippen molar-refractivity contribution in [3.05, 3.63) is 0 Å². The Bertz CT molecular complexity index is 470. The Morgan fingerprint density at radius 1 is 0.929 bits per heavy atom. The van der Waals surface area contributed by atoms with Gasteiger partial charge in [0.1, 0.15) is 6.61 Å². The monoisotopic (exact) mass is 402 g/mol. The first-order chi connectivity index (χ1) is 12.9. The topological polar surface area (TPSA) is 82.1 Å². The fraction of sp³-hybridized carbons (Fsp3) is 0.909. The Morgan fingerprint density at radius 2 is 1.46 bits per heavy atom. The van der Waals surface area contributed by atoms with Gasteiger partial charge in [0.15, 0.2) is 12.4 Å². The molecule has 0 atom stereocenters. The molecule has 28 heavy (non-hydrogen) atoms. The Balaban J connectivity index is 4.93. The average Bonchev–Trinajstić information content (AvgIpc) is 2.60. The van der Waals surface area contributed by atoms with Gasteiger partial charge in [0.05, 0.1) is 29.3 Å². The molecule has 166 valence electrons. The second-order valence-electron chi connectivity index (χ2n) is 8.57. The van der Waals surface area contributed by atoms with E-state index >= 15 is 0 Å². The van der Waals surface area contributed by atoms with Gasteiger partial charge < -0.3 is 19.3 Å². The largest absolute Gasteiger partial charge is 0.457 e. The number of ether oxygens (including phenoxy) is 3. The molecule has 6 nitrogen and oxygen atoms in total. The summed E-state index contributed by atoms with van der Waals surface area (Å²) in [6, 6.07) is 0. The number of hydrogen-bond donors (Lipinski definition) is 1. The zero-order valence-electron chi connectivity index (χ0n) is 19.2. The maximum Gasteiger partial charge on any atom is 0.315 e. The van der Waals surface area contributed by atoms with Gasteiger partial charge in [-0.15, -0.1) is 0 Å². The lowest BCUT2D eigenvalue weighted by Gasteiger charge is -2.43. The van der Waals surface area contributed by atoms with Crippen molar-refractivity contribution in [3.63, 3.8) is 0 Å².